The zero-order valence-electron chi connectivity index (χ0n) is 14.5. The first-order chi connectivity index (χ1) is 11.0. The second-order valence-electron chi connectivity index (χ2n) is 5.78. The van der Waals surface area contributed by atoms with E-state index in [1.54, 1.807) is 6.20 Å². The second-order valence-corrected chi connectivity index (χ2v) is 5.78. The molecular weight excluding hydrogens is 288 g/mol. The maximum Gasteiger partial charge on any atom is 0.187 e. The van der Waals surface area contributed by atoms with Gasteiger partial charge in [-0.1, -0.05) is 19.1 Å². The number of aryl methyl sites for hydroxylation is 1. The van der Waals surface area contributed by atoms with Gasteiger partial charge in [0.1, 0.15) is 5.75 Å². The van der Waals surface area contributed by atoms with Crippen molar-refractivity contribution in [3.63, 3.8) is 0 Å². The van der Waals surface area contributed by atoms with Gasteiger partial charge >= 0.3 is 0 Å². The minimum Gasteiger partial charge on any atom is -0.494 e. The number of nitrogens with one attached hydrogen (secondary N) is 1. The highest BCUT2D eigenvalue weighted by molar-refractivity contribution is 5.27. The number of hydrogen-bond acceptors (Lipinski definition) is 3. The summed E-state index contributed by atoms with van der Waals surface area (Å²) in [5.74, 6) is 0.901. The lowest BCUT2D eigenvalue weighted by atomic mass is 10.1. The predicted octanol–water partition coefficient (Wildman–Crippen LogP) is 3.41. The maximum atomic E-state index is 12.1. The van der Waals surface area contributed by atoms with Gasteiger partial charge < -0.3 is 9.72 Å². The Bertz CT molecular complexity index is 690. The lowest BCUT2D eigenvalue weighted by molar-refractivity contribution is 0.267. The van der Waals surface area contributed by atoms with Crippen molar-refractivity contribution in [1.82, 2.24) is 9.88 Å². The van der Waals surface area contributed by atoms with Crippen molar-refractivity contribution >= 4 is 0 Å². The van der Waals surface area contributed by atoms with E-state index in [0.29, 0.717) is 6.61 Å². The van der Waals surface area contributed by atoms with Crippen LogP contribution in [0.25, 0.3) is 0 Å². The Morgan fingerprint density at radius 2 is 1.78 bits per heavy atom. The van der Waals surface area contributed by atoms with E-state index >= 15 is 0 Å². The molecule has 4 heteroatoms. The SMILES string of the molecule is CCOc1ccc(CN(CC)Cc2[nH]cc(C)c(=O)c2C)cc1. The van der Waals surface area contributed by atoms with Gasteiger partial charge in [-0.15, -0.1) is 0 Å². The third-order valence-electron chi connectivity index (χ3n) is 4.08. The zero-order valence-corrected chi connectivity index (χ0v) is 14.5. The molecule has 0 aliphatic heterocycles. The fraction of sp³-hybridized carbons (Fsp3) is 0.421. The van der Waals surface area contributed by atoms with Gasteiger partial charge in [-0.05, 0) is 45.0 Å². The molecule has 0 spiro atoms. The van der Waals surface area contributed by atoms with Gasteiger partial charge in [0.2, 0.25) is 0 Å². The number of aromatic amines is 1. The molecule has 0 amide bonds. The van der Waals surface area contributed by atoms with Gasteiger partial charge in [0.15, 0.2) is 5.43 Å². The third-order valence-corrected chi connectivity index (χ3v) is 4.08. The Hall–Kier alpha value is -2.07. The van der Waals surface area contributed by atoms with Gasteiger partial charge in [0.25, 0.3) is 0 Å². The molecule has 1 aromatic carbocycles. The van der Waals surface area contributed by atoms with Crippen LogP contribution in [0.3, 0.4) is 0 Å². The van der Waals surface area contributed by atoms with Gasteiger partial charge in [-0.2, -0.15) is 0 Å². The molecule has 2 rings (SSSR count). The second kappa shape index (κ2) is 7.97. The van der Waals surface area contributed by atoms with Crippen molar-refractivity contribution in [2.75, 3.05) is 13.2 Å². The zero-order chi connectivity index (χ0) is 16.8. The molecule has 0 bridgehead atoms. The average Bonchev–Trinajstić information content (AvgIpc) is 2.56. The standard InChI is InChI=1S/C19H26N2O2/c1-5-21(12-16-7-9-17(10-8-16)23-6-2)13-18-15(4)19(22)14(3)11-20-18/h7-11H,5-6,12-13H2,1-4H3,(H,20,22). The Labute approximate surface area is 138 Å². The topological polar surface area (TPSA) is 45.3 Å². The Morgan fingerprint density at radius 3 is 2.39 bits per heavy atom. The number of pyridine rings is 1. The molecule has 124 valence electrons. The summed E-state index contributed by atoms with van der Waals surface area (Å²) >= 11 is 0. The van der Waals surface area contributed by atoms with Crippen LogP contribution in [0.1, 0.15) is 36.2 Å². The smallest absolute Gasteiger partial charge is 0.187 e. The van der Waals surface area contributed by atoms with Crippen molar-refractivity contribution in [3.8, 4) is 5.75 Å². The normalized spacial score (nSPS) is 11.0. The van der Waals surface area contributed by atoms with E-state index in [1.165, 1.54) is 5.56 Å². The van der Waals surface area contributed by atoms with Crippen LogP contribution in [-0.4, -0.2) is 23.0 Å². The van der Waals surface area contributed by atoms with E-state index in [1.807, 2.05) is 32.9 Å². The summed E-state index contributed by atoms with van der Waals surface area (Å²) in [5.41, 5.74) is 3.95. The number of benzene rings is 1. The van der Waals surface area contributed by atoms with E-state index in [2.05, 4.69) is 28.9 Å². The third kappa shape index (κ3) is 4.45. The van der Waals surface area contributed by atoms with E-state index in [4.69, 9.17) is 4.74 Å². The molecule has 2 aromatic rings. The number of H-pyrrole nitrogens is 1. The van der Waals surface area contributed by atoms with Crippen LogP contribution >= 0.6 is 0 Å². The highest BCUT2D eigenvalue weighted by atomic mass is 16.5. The average molecular weight is 314 g/mol. The minimum absolute atomic E-state index is 0.135. The molecular formula is C19H26N2O2. The van der Waals surface area contributed by atoms with Gasteiger partial charge in [-0.3, -0.25) is 9.69 Å². The fourth-order valence-corrected chi connectivity index (χ4v) is 2.59. The molecule has 0 saturated heterocycles. The van der Waals surface area contributed by atoms with Crippen molar-refractivity contribution in [2.45, 2.75) is 40.8 Å². The van der Waals surface area contributed by atoms with Crippen LogP contribution < -0.4 is 10.2 Å². The summed E-state index contributed by atoms with van der Waals surface area (Å²) in [6.07, 6.45) is 1.80. The molecule has 23 heavy (non-hydrogen) atoms. The van der Waals surface area contributed by atoms with Crippen LogP contribution in [0.15, 0.2) is 35.3 Å². The summed E-state index contributed by atoms with van der Waals surface area (Å²) in [4.78, 5) is 17.6. The highest BCUT2D eigenvalue weighted by Crippen LogP contribution is 2.15. The summed E-state index contributed by atoms with van der Waals surface area (Å²) < 4.78 is 5.47. The molecule has 1 aromatic heterocycles. The number of aromatic nitrogens is 1. The van der Waals surface area contributed by atoms with Crippen molar-refractivity contribution < 1.29 is 4.74 Å². The summed E-state index contributed by atoms with van der Waals surface area (Å²) in [6.45, 7) is 11.0. The van der Waals surface area contributed by atoms with E-state index in [0.717, 1.165) is 42.2 Å². The van der Waals surface area contributed by atoms with E-state index < -0.39 is 0 Å². The highest BCUT2D eigenvalue weighted by Gasteiger charge is 2.10. The Balaban J connectivity index is 2.08. The first kappa shape index (κ1) is 17.3. The van der Waals surface area contributed by atoms with Crippen molar-refractivity contribution in [2.24, 2.45) is 0 Å². The van der Waals surface area contributed by atoms with E-state index in [9.17, 15) is 4.79 Å². The largest absolute Gasteiger partial charge is 0.494 e. The molecule has 0 aliphatic carbocycles. The number of ether oxygens (including phenoxy) is 1. The number of rotatable bonds is 7. The first-order valence-corrected chi connectivity index (χ1v) is 8.17. The number of nitrogens with zero attached hydrogens (tertiary/aromatic N) is 1. The van der Waals surface area contributed by atoms with Crippen LogP contribution in [0, 0.1) is 13.8 Å². The van der Waals surface area contributed by atoms with Crippen LogP contribution in [0.5, 0.6) is 5.75 Å². The molecule has 0 atom stereocenters. The van der Waals surface area contributed by atoms with Gasteiger partial charge in [0.05, 0.1) is 6.61 Å². The van der Waals surface area contributed by atoms with Crippen molar-refractivity contribution in [3.05, 3.63) is 63.1 Å². The van der Waals surface area contributed by atoms with Crippen LogP contribution in [0.4, 0.5) is 0 Å². The molecule has 4 nitrogen and oxygen atoms in total. The quantitative estimate of drug-likeness (QED) is 0.852. The molecule has 0 radical (unpaired) electrons. The molecule has 0 unspecified atom stereocenters. The molecule has 0 aliphatic rings. The summed E-state index contributed by atoms with van der Waals surface area (Å²) in [7, 11) is 0. The Morgan fingerprint density at radius 1 is 1.09 bits per heavy atom. The fourth-order valence-electron chi connectivity index (χ4n) is 2.59. The van der Waals surface area contributed by atoms with E-state index in [-0.39, 0.29) is 5.43 Å². The minimum atomic E-state index is 0.135. The van der Waals surface area contributed by atoms with Gasteiger partial charge in [-0.25, -0.2) is 0 Å². The summed E-state index contributed by atoms with van der Waals surface area (Å²) in [5, 5.41) is 0. The monoisotopic (exact) mass is 314 g/mol. The Kier molecular flexibility index (Phi) is 5.99. The molecule has 0 fully saturated rings. The van der Waals surface area contributed by atoms with Gasteiger partial charge in [0, 0.05) is 36.1 Å². The molecule has 1 N–H and O–H groups in total. The number of hydrogen-bond donors (Lipinski definition) is 1. The molecule has 0 saturated carbocycles. The first-order valence-electron chi connectivity index (χ1n) is 8.17. The van der Waals surface area contributed by atoms with Crippen LogP contribution in [-0.2, 0) is 13.1 Å². The molecule has 1 heterocycles. The summed E-state index contributed by atoms with van der Waals surface area (Å²) in [6, 6.07) is 8.20. The maximum absolute atomic E-state index is 12.1. The lowest BCUT2D eigenvalue weighted by Crippen LogP contribution is -2.25. The van der Waals surface area contributed by atoms with Crippen LogP contribution in [0.2, 0.25) is 0 Å². The lowest BCUT2D eigenvalue weighted by Gasteiger charge is -2.21. The van der Waals surface area contributed by atoms with Crippen molar-refractivity contribution in [1.29, 1.82) is 0 Å². The predicted molar refractivity (Wildman–Crippen MR) is 93.9 cm³/mol.